The zero-order valence-electron chi connectivity index (χ0n) is 11.7. The van der Waals surface area contributed by atoms with Crippen LogP contribution in [0.4, 0.5) is 0 Å². The summed E-state index contributed by atoms with van der Waals surface area (Å²) in [6.45, 7) is 2.48. The minimum absolute atomic E-state index is 0. The number of carbonyl (C=O) groups is 1. The van der Waals surface area contributed by atoms with Crippen molar-refractivity contribution in [3.8, 4) is 0 Å². The minimum atomic E-state index is -0.163. The van der Waals surface area contributed by atoms with Crippen LogP contribution in [0.3, 0.4) is 0 Å². The highest BCUT2D eigenvalue weighted by Crippen LogP contribution is 2.25. The third kappa shape index (κ3) is 3.28. The number of nitrogens with zero attached hydrogens (tertiary/aromatic N) is 3. The average molecular weight is 363 g/mol. The topological polar surface area (TPSA) is 71.6 Å². The fourth-order valence-electron chi connectivity index (χ4n) is 2.43. The Hall–Kier alpha value is -1.12. The van der Waals surface area contributed by atoms with E-state index in [1.165, 1.54) is 4.57 Å². The molecule has 22 heavy (non-hydrogen) atoms. The van der Waals surface area contributed by atoms with E-state index >= 15 is 0 Å². The number of nitrogens with two attached hydrogens (primary N) is 1. The van der Waals surface area contributed by atoms with Crippen LogP contribution in [0.25, 0.3) is 10.2 Å². The van der Waals surface area contributed by atoms with Gasteiger partial charge in [0.25, 0.3) is 0 Å². The Morgan fingerprint density at radius 3 is 2.64 bits per heavy atom. The predicted octanol–water partition coefficient (Wildman–Crippen LogP) is 1.16. The van der Waals surface area contributed by atoms with Gasteiger partial charge in [-0.25, -0.2) is 5.01 Å². The number of hydrazine groups is 1. The molecule has 2 aromatic rings. The largest absolute Gasteiger partial charge is 0.338 e. The fourth-order valence-corrected chi connectivity index (χ4v) is 3.68. The van der Waals surface area contributed by atoms with Gasteiger partial charge in [-0.15, -0.1) is 12.4 Å². The SMILES string of the molecule is Cl.NN1CCN(C(=O)Cn2c(=O)sc3cccc(Cl)c32)CC1. The van der Waals surface area contributed by atoms with Crippen LogP contribution in [0.2, 0.25) is 5.02 Å². The molecule has 0 radical (unpaired) electrons. The molecule has 0 unspecified atom stereocenters. The lowest BCUT2D eigenvalue weighted by Crippen LogP contribution is -2.52. The minimum Gasteiger partial charge on any atom is -0.338 e. The van der Waals surface area contributed by atoms with Crippen LogP contribution in [-0.4, -0.2) is 46.6 Å². The number of thiazole rings is 1. The first-order valence-corrected chi connectivity index (χ1v) is 7.81. The molecule has 1 saturated heterocycles. The number of hydrogen-bond donors (Lipinski definition) is 1. The van der Waals surface area contributed by atoms with E-state index in [0.29, 0.717) is 36.7 Å². The summed E-state index contributed by atoms with van der Waals surface area (Å²) in [6, 6.07) is 5.36. The zero-order valence-corrected chi connectivity index (χ0v) is 14.1. The van der Waals surface area contributed by atoms with Gasteiger partial charge >= 0.3 is 4.87 Å². The Labute approximate surface area is 142 Å². The second-order valence-electron chi connectivity index (χ2n) is 4.96. The van der Waals surface area contributed by atoms with E-state index in [4.69, 9.17) is 17.4 Å². The number of aromatic nitrogens is 1. The van der Waals surface area contributed by atoms with Crippen molar-refractivity contribution in [3.05, 3.63) is 32.9 Å². The second-order valence-corrected chi connectivity index (χ2v) is 6.36. The van der Waals surface area contributed by atoms with Crippen molar-refractivity contribution in [3.63, 3.8) is 0 Å². The first-order valence-electron chi connectivity index (χ1n) is 6.61. The van der Waals surface area contributed by atoms with E-state index in [-0.39, 0.29) is 29.7 Å². The second kappa shape index (κ2) is 6.97. The highest BCUT2D eigenvalue weighted by Gasteiger charge is 2.21. The van der Waals surface area contributed by atoms with Gasteiger partial charge in [-0.3, -0.25) is 20.0 Å². The monoisotopic (exact) mass is 362 g/mol. The summed E-state index contributed by atoms with van der Waals surface area (Å²) >= 11 is 7.27. The lowest BCUT2D eigenvalue weighted by Gasteiger charge is -2.32. The number of hydrogen-bond acceptors (Lipinski definition) is 5. The van der Waals surface area contributed by atoms with E-state index in [1.807, 2.05) is 6.07 Å². The molecule has 1 amide bonds. The van der Waals surface area contributed by atoms with E-state index < -0.39 is 0 Å². The molecular weight excluding hydrogens is 347 g/mol. The number of halogens is 2. The van der Waals surface area contributed by atoms with Crippen LogP contribution in [0.5, 0.6) is 0 Å². The summed E-state index contributed by atoms with van der Waals surface area (Å²) in [6.07, 6.45) is 0. The Bertz CT molecular complexity index is 737. The molecule has 3 rings (SSSR count). The molecule has 6 nitrogen and oxygen atoms in total. The van der Waals surface area contributed by atoms with Crippen LogP contribution in [-0.2, 0) is 11.3 Å². The predicted molar refractivity (Wildman–Crippen MR) is 90.7 cm³/mol. The van der Waals surface area contributed by atoms with E-state index in [9.17, 15) is 9.59 Å². The zero-order chi connectivity index (χ0) is 15.0. The van der Waals surface area contributed by atoms with Gasteiger partial charge in [-0.1, -0.05) is 29.0 Å². The quantitative estimate of drug-likeness (QED) is 0.813. The van der Waals surface area contributed by atoms with Gasteiger partial charge in [0.2, 0.25) is 5.91 Å². The van der Waals surface area contributed by atoms with Crippen molar-refractivity contribution in [1.29, 1.82) is 0 Å². The molecule has 1 aromatic carbocycles. The van der Waals surface area contributed by atoms with Crippen molar-refractivity contribution < 1.29 is 4.79 Å². The van der Waals surface area contributed by atoms with Crippen LogP contribution >= 0.6 is 35.3 Å². The number of amides is 1. The summed E-state index contributed by atoms with van der Waals surface area (Å²) in [7, 11) is 0. The van der Waals surface area contributed by atoms with Gasteiger partial charge in [0, 0.05) is 26.2 Å². The number of carbonyl (C=O) groups excluding carboxylic acids is 1. The van der Waals surface area contributed by atoms with Crippen LogP contribution in [0.1, 0.15) is 0 Å². The molecular formula is C13H16Cl2N4O2S. The number of benzene rings is 1. The van der Waals surface area contributed by atoms with Gasteiger partial charge < -0.3 is 4.90 Å². The summed E-state index contributed by atoms with van der Waals surface area (Å²) < 4.78 is 2.26. The third-order valence-corrected chi connectivity index (χ3v) is 4.85. The Kier molecular flexibility index (Phi) is 5.46. The van der Waals surface area contributed by atoms with Gasteiger partial charge in [0.15, 0.2) is 0 Å². The molecule has 1 aliphatic rings. The fraction of sp³-hybridized carbons (Fsp3) is 0.385. The summed E-state index contributed by atoms with van der Waals surface area (Å²) in [4.78, 5) is 26.0. The summed E-state index contributed by atoms with van der Waals surface area (Å²) in [5.41, 5.74) is 0.639. The molecule has 120 valence electrons. The van der Waals surface area contributed by atoms with Crippen molar-refractivity contribution in [2.24, 2.45) is 5.84 Å². The van der Waals surface area contributed by atoms with Crippen molar-refractivity contribution >= 4 is 51.5 Å². The van der Waals surface area contributed by atoms with Crippen molar-refractivity contribution in [1.82, 2.24) is 14.5 Å². The third-order valence-electron chi connectivity index (χ3n) is 3.60. The summed E-state index contributed by atoms with van der Waals surface area (Å²) in [5.74, 6) is 5.60. The lowest BCUT2D eigenvalue weighted by molar-refractivity contribution is -0.133. The molecule has 0 saturated carbocycles. The van der Waals surface area contributed by atoms with Crippen molar-refractivity contribution in [2.75, 3.05) is 26.2 Å². The number of para-hydroxylation sites is 1. The molecule has 2 heterocycles. The van der Waals surface area contributed by atoms with E-state index in [0.717, 1.165) is 16.0 Å². The first-order chi connectivity index (χ1) is 10.1. The van der Waals surface area contributed by atoms with Crippen LogP contribution in [0, 0.1) is 0 Å². The summed E-state index contributed by atoms with van der Waals surface area (Å²) in [5, 5.41) is 2.18. The number of piperazine rings is 1. The van der Waals surface area contributed by atoms with Gasteiger partial charge in [-0.05, 0) is 12.1 Å². The van der Waals surface area contributed by atoms with Gasteiger partial charge in [0.1, 0.15) is 6.54 Å². The van der Waals surface area contributed by atoms with Crippen LogP contribution in [0.15, 0.2) is 23.0 Å². The Morgan fingerprint density at radius 1 is 1.27 bits per heavy atom. The maximum atomic E-state index is 12.3. The van der Waals surface area contributed by atoms with Crippen LogP contribution < -0.4 is 10.7 Å². The Balaban J connectivity index is 0.00000176. The molecule has 2 N–H and O–H groups in total. The highest BCUT2D eigenvalue weighted by atomic mass is 35.5. The molecule has 0 atom stereocenters. The number of rotatable bonds is 2. The molecule has 1 fully saturated rings. The standard InChI is InChI=1S/C13H15ClN4O2S.ClH/c14-9-2-1-3-10-12(9)18(13(20)21-10)8-11(19)16-4-6-17(15)7-5-16;/h1-3H,4-8,15H2;1H. The maximum absolute atomic E-state index is 12.3. The first kappa shape index (κ1) is 17.2. The van der Waals surface area contributed by atoms with E-state index in [1.54, 1.807) is 22.0 Å². The normalized spacial score (nSPS) is 15.8. The lowest BCUT2D eigenvalue weighted by atomic mass is 10.3. The molecule has 1 aromatic heterocycles. The molecule has 0 spiro atoms. The number of fused-ring (bicyclic) bond motifs is 1. The maximum Gasteiger partial charge on any atom is 0.308 e. The smallest absolute Gasteiger partial charge is 0.308 e. The van der Waals surface area contributed by atoms with Gasteiger partial charge in [0.05, 0.1) is 15.2 Å². The average Bonchev–Trinajstić information content (AvgIpc) is 2.77. The molecule has 0 bridgehead atoms. The molecule has 9 heteroatoms. The van der Waals surface area contributed by atoms with Gasteiger partial charge in [-0.2, -0.15) is 0 Å². The van der Waals surface area contributed by atoms with Crippen molar-refractivity contribution in [2.45, 2.75) is 6.54 Å². The Morgan fingerprint density at radius 2 is 1.95 bits per heavy atom. The highest BCUT2D eigenvalue weighted by molar-refractivity contribution is 7.16. The molecule has 0 aliphatic carbocycles. The molecule has 1 aliphatic heterocycles. The van der Waals surface area contributed by atoms with E-state index in [2.05, 4.69) is 0 Å².